The highest BCUT2D eigenvalue weighted by atomic mass is 15.4. The van der Waals surface area contributed by atoms with Gasteiger partial charge in [0.1, 0.15) is 6.33 Å². The highest BCUT2D eigenvalue weighted by Gasteiger charge is 2.36. The molecule has 1 unspecified atom stereocenters. The average molecular weight is 402 g/mol. The summed E-state index contributed by atoms with van der Waals surface area (Å²) in [6.07, 6.45) is 7.54. The number of rotatable bonds is 3. The van der Waals surface area contributed by atoms with E-state index in [1.807, 2.05) is 19.2 Å². The van der Waals surface area contributed by atoms with Gasteiger partial charge in [-0.15, -0.1) is 0 Å². The maximum absolute atomic E-state index is 5.01. The molecule has 4 rings (SSSR count). The molecular weight excluding hydrogens is 370 g/mol. The number of piperidine rings is 1. The second-order valence-electron chi connectivity index (χ2n) is 9.13. The van der Waals surface area contributed by atoms with Gasteiger partial charge in [0.2, 0.25) is 5.96 Å². The molecule has 0 spiro atoms. The first-order chi connectivity index (χ1) is 14.4. The third-order valence-corrected chi connectivity index (χ3v) is 6.10. The zero-order chi connectivity index (χ0) is 21.3. The molecule has 1 atom stereocenters. The summed E-state index contributed by atoms with van der Waals surface area (Å²) in [7, 11) is 2.04. The number of aliphatic imine (C=N–C) groups is 1. The fraction of sp³-hybridized carbons (Fsp3) is 0.400. The third kappa shape index (κ3) is 4.16. The summed E-state index contributed by atoms with van der Waals surface area (Å²) >= 11 is 0. The van der Waals surface area contributed by atoms with E-state index < -0.39 is 0 Å². The zero-order valence-corrected chi connectivity index (χ0v) is 18.5. The number of aryl methyl sites for hydroxylation is 1. The lowest BCUT2D eigenvalue weighted by Crippen LogP contribution is -2.51. The van der Waals surface area contributed by atoms with E-state index in [9.17, 15) is 0 Å². The van der Waals surface area contributed by atoms with E-state index in [0.29, 0.717) is 5.92 Å². The van der Waals surface area contributed by atoms with Gasteiger partial charge in [0.25, 0.3) is 0 Å². The Morgan fingerprint density at radius 3 is 2.60 bits per heavy atom. The van der Waals surface area contributed by atoms with Crippen molar-refractivity contribution in [3.8, 4) is 0 Å². The Hall–Kier alpha value is -2.95. The number of nitrogens with zero attached hydrogens (tertiary/aromatic N) is 5. The van der Waals surface area contributed by atoms with Crippen molar-refractivity contribution in [3.63, 3.8) is 0 Å². The summed E-state index contributed by atoms with van der Waals surface area (Å²) in [5, 5.41) is 0. The third-order valence-electron chi connectivity index (χ3n) is 6.10. The molecule has 3 heterocycles. The molecule has 2 aliphatic rings. The van der Waals surface area contributed by atoms with E-state index in [4.69, 9.17) is 4.99 Å². The van der Waals surface area contributed by atoms with Crippen molar-refractivity contribution in [3.05, 3.63) is 78.0 Å². The minimum absolute atomic E-state index is 0.188. The molecular formula is C25H31N5. The van der Waals surface area contributed by atoms with Gasteiger partial charge in [0.05, 0.1) is 11.4 Å². The highest BCUT2D eigenvalue weighted by molar-refractivity contribution is 5.90. The summed E-state index contributed by atoms with van der Waals surface area (Å²) in [4.78, 5) is 17.9. The quantitative estimate of drug-likeness (QED) is 0.747. The van der Waals surface area contributed by atoms with Gasteiger partial charge < -0.3 is 9.80 Å². The molecule has 0 radical (unpaired) electrons. The van der Waals surface area contributed by atoms with Crippen LogP contribution in [0.1, 0.15) is 49.9 Å². The van der Waals surface area contributed by atoms with Crippen LogP contribution in [0.3, 0.4) is 0 Å². The van der Waals surface area contributed by atoms with Crippen molar-refractivity contribution >= 4 is 11.7 Å². The first kappa shape index (κ1) is 20.3. The van der Waals surface area contributed by atoms with Gasteiger partial charge in [-0.25, -0.2) is 15.0 Å². The van der Waals surface area contributed by atoms with Crippen LogP contribution in [0.5, 0.6) is 0 Å². The van der Waals surface area contributed by atoms with Gasteiger partial charge >= 0.3 is 0 Å². The lowest BCUT2D eigenvalue weighted by Gasteiger charge is -2.46. The van der Waals surface area contributed by atoms with Crippen LogP contribution < -0.4 is 0 Å². The van der Waals surface area contributed by atoms with E-state index in [1.54, 1.807) is 12.5 Å². The van der Waals surface area contributed by atoms with Crippen LogP contribution in [-0.2, 0) is 6.42 Å². The minimum atomic E-state index is 0.188. The number of likely N-dealkylation sites (N-methyl/N-ethyl adjacent to an activating group) is 1. The second-order valence-corrected chi connectivity index (χ2v) is 9.13. The predicted octanol–water partition coefficient (Wildman–Crippen LogP) is 4.71. The van der Waals surface area contributed by atoms with Crippen LogP contribution in [0, 0.1) is 5.41 Å². The molecule has 0 saturated carbocycles. The Kier molecular flexibility index (Phi) is 5.46. The van der Waals surface area contributed by atoms with Crippen molar-refractivity contribution < 1.29 is 0 Å². The highest BCUT2D eigenvalue weighted by Crippen LogP contribution is 2.39. The Morgan fingerprint density at radius 1 is 1.17 bits per heavy atom. The summed E-state index contributed by atoms with van der Waals surface area (Å²) < 4.78 is 0. The minimum Gasteiger partial charge on any atom is -0.341 e. The number of hydrogen-bond donors (Lipinski definition) is 0. The normalized spacial score (nSPS) is 21.3. The number of benzene rings is 1. The zero-order valence-electron chi connectivity index (χ0n) is 18.5. The smallest absolute Gasteiger partial charge is 0.206 e. The lowest BCUT2D eigenvalue weighted by molar-refractivity contribution is 0.147. The molecule has 1 aromatic heterocycles. The van der Waals surface area contributed by atoms with Crippen LogP contribution in [0.25, 0.3) is 5.70 Å². The second kappa shape index (κ2) is 8.05. The summed E-state index contributed by atoms with van der Waals surface area (Å²) in [5.41, 5.74) is 5.56. The van der Waals surface area contributed by atoms with Crippen LogP contribution in [0.4, 0.5) is 0 Å². The van der Waals surface area contributed by atoms with Crippen LogP contribution in [0.2, 0.25) is 0 Å². The molecule has 0 aliphatic carbocycles. The Morgan fingerprint density at radius 2 is 1.93 bits per heavy atom. The molecule has 0 bridgehead atoms. The predicted molar refractivity (Wildman–Crippen MR) is 123 cm³/mol. The molecule has 2 aromatic rings. The molecule has 1 aromatic carbocycles. The number of allylic oxidation sites excluding steroid dienone is 1. The summed E-state index contributed by atoms with van der Waals surface area (Å²) in [6.45, 7) is 13.1. The van der Waals surface area contributed by atoms with Gasteiger partial charge in [-0.2, -0.15) is 0 Å². The van der Waals surface area contributed by atoms with Gasteiger partial charge in [-0.3, -0.25) is 0 Å². The van der Waals surface area contributed by atoms with Crippen LogP contribution in [-0.4, -0.2) is 45.9 Å². The molecule has 0 N–H and O–H groups in total. The topological polar surface area (TPSA) is 44.6 Å². The van der Waals surface area contributed by atoms with E-state index in [0.717, 1.165) is 42.6 Å². The number of guanidine groups is 1. The molecule has 5 nitrogen and oxygen atoms in total. The maximum Gasteiger partial charge on any atom is 0.206 e. The summed E-state index contributed by atoms with van der Waals surface area (Å²) in [5.74, 6) is 1.41. The van der Waals surface area contributed by atoms with Gasteiger partial charge in [0.15, 0.2) is 0 Å². The Balaban J connectivity index is 1.66. The van der Waals surface area contributed by atoms with Crippen molar-refractivity contribution in [2.75, 3.05) is 20.1 Å². The average Bonchev–Trinajstić information content (AvgIpc) is 2.75. The maximum atomic E-state index is 5.01. The molecule has 30 heavy (non-hydrogen) atoms. The first-order valence-electron chi connectivity index (χ1n) is 10.7. The number of aromatic nitrogens is 2. The fourth-order valence-electron chi connectivity index (χ4n) is 4.50. The van der Waals surface area contributed by atoms with Crippen LogP contribution in [0.15, 0.2) is 66.2 Å². The SMILES string of the molecule is C=C1C=C(c2ccncn2)N=C(N2CC(c3ccc(CC)cc3)CC(C)(C)C2)N1C. The number of hydrogen-bond acceptors (Lipinski definition) is 5. The molecule has 2 aliphatic heterocycles. The van der Waals surface area contributed by atoms with Gasteiger partial charge in [-0.05, 0) is 41.5 Å². The summed E-state index contributed by atoms with van der Waals surface area (Å²) in [6, 6.07) is 11.0. The van der Waals surface area contributed by atoms with Crippen molar-refractivity contribution in [2.24, 2.45) is 10.4 Å². The van der Waals surface area contributed by atoms with E-state index in [2.05, 4.69) is 71.4 Å². The van der Waals surface area contributed by atoms with Crippen molar-refractivity contribution in [1.82, 2.24) is 19.8 Å². The van der Waals surface area contributed by atoms with Crippen molar-refractivity contribution in [1.29, 1.82) is 0 Å². The largest absolute Gasteiger partial charge is 0.341 e. The fourth-order valence-corrected chi connectivity index (χ4v) is 4.50. The first-order valence-corrected chi connectivity index (χ1v) is 10.7. The number of likely N-dealkylation sites (tertiary alicyclic amines) is 1. The molecule has 0 amide bonds. The van der Waals surface area contributed by atoms with Crippen molar-refractivity contribution in [2.45, 2.75) is 39.5 Å². The Labute approximate surface area is 179 Å². The van der Waals surface area contributed by atoms with E-state index >= 15 is 0 Å². The monoisotopic (exact) mass is 401 g/mol. The van der Waals surface area contributed by atoms with E-state index in [-0.39, 0.29) is 5.41 Å². The molecule has 1 fully saturated rings. The lowest BCUT2D eigenvalue weighted by atomic mass is 9.76. The molecule has 5 heteroatoms. The van der Waals surface area contributed by atoms with Crippen LogP contribution >= 0.6 is 0 Å². The molecule has 156 valence electrons. The van der Waals surface area contributed by atoms with Gasteiger partial charge in [0, 0.05) is 37.9 Å². The standard InChI is InChI=1S/C25H31N5/c1-6-19-7-9-20(10-8-19)21-14-25(3,4)16-30(15-21)24-28-23(13-18(2)29(24)5)22-11-12-26-17-27-22/h7-13,17,21H,2,6,14-16H2,1,3-5H3. The van der Waals surface area contributed by atoms with Gasteiger partial charge in [-0.1, -0.05) is 51.6 Å². The Bertz CT molecular complexity index is 972. The molecule has 1 saturated heterocycles. The van der Waals surface area contributed by atoms with E-state index in [1.165, 1.54) is 17.5 Å².